The van der Waals surface area contributed by atoms with Crippen LogP contribution < -0.4 is 10.1 Å². The molecule has 2 rings (SSSR count). The SMILES string of the molecule is CCOC(=O)c1ccc(OCC(=O)Nc2ccc(Br)cc2Cl)cc1. The monoisotopic (exact) mass is 411 g/mol. The van der Waals surface area contributed by atoms with Crippen LogP contribution in [0.3, 0.4) is 0 Å². The van der Waals surface area contributed by atoms with Crippen LogP contribution in [0.5, 0.6) is 5.75 Å². The summed E-state index contributed by atoms with van der Waals surface area (Å²) < 4.78 is 11.1. The fourth-order valence-corrected chi connectivity index (χ4v) is 2.55. The summed E-state index contributed by atoms with van der Waals surface area (Å²) in [4.78, 5) is 23.4. The van der Waals surface area contributed by atoms with Crippen LogP contribution in [-0.2, 0) is 9.53 Å². The van der Waals surface area contributed by atoms with Crippen molar-refractivity contribution in [1.29, 1.82) is 0 Å². The summed E-state index contributed by atoms with van der Waals surface area (Å²) in [5, 5.41) is 3.09. The van der Waals surface area contributed by atoms with Gasteiger partial charge in [0.05, 0.1) is 22.9 Å². The Hall–Kier alpha value is -2.05. The van der Waals surface area contributed by atoms with E-state index in [1.54, 1.807) is 49.4 Å². The second-order valence-electron chi connectivity index (χ2n) is 4.71. The van der Waals surface area contributed by atoms with Crippen LogP contribution in [0.15, 0.2) is 46.9 Å². The number of hydrogen-bond donors (Lipinski definition) is 1. The van der Waals surface area contributed by atoms with Gasteiger partial charge in [0.25, 0.3) is 5.91 Å². The van der Waals surface area contributed by atoms with Gasteiger partial charge in [-0.2, -0.15) is 0 Å². The van der Waals surface area contributed by atoms with Crippen molar-refractivity contribution in [3.8, 4) is 5.75 Å². The molecule has 0 saturated heterocycles. The van der Waals surface area contributed by atoms with Gasteiger partial charge >= 0.3 is 5.97 Å². The smallest absolute Gasteiger partial charge is 0.338 e. The number of halogens is 2. The molecule has 0 unspecified atom stereocenters. The van der Waals surface area contributed by atoms with Gasteiger partial charge in [0.15, 0.2) is 6.61 Å². The molecule has 0 atom stereocenters. The van der Waals surface area contributed by atoms with E-state index in [0.717, 1.165) is 4.47 Å². The van der Waals surface area contributed by atoms with E-state index < -0.39 is 5.97 Å². The third kappa shape index (κ3) is 5.25. The maximum Gasteiger partial charge on any atom is 0.338 e. The number of rotatable bonds is 6. The molecule has 0 spiro atoms. The molecule has 2 aromatic rings. The minimum atomic E-state index is -0.397. The van der Waals surface area contributed by atoms with Crippen molar-refractivity contribution < 1.29 is 19.1 Å². The van der Waals surface area contributed by atoms with Crippen molar-refractivity contribution in [2.45, 2.75) is 6.92 Å². The van der Waals surface area contributed by atoms with E-state index in [0.29, 0.717) is 28.6 Å². The number of amides is 1. The Morgan fingerprint density at radius 2 is 1.88 bits per heavy atom. The summed E-state index contributed by atoms with van der Waals surface area (Å²) in [6.07, 6.45) is 0. The molecule has 0 fully saturated rings. The standard InChI is InChI=1S/C17H15BrClNO4/c1-2-23-17(22)11-3-6-13(7-4-11)24-10-16(21)20-15-8-5-12(18)9-14(15)19/h3-9H,2,10H2,1H3,(H,20,21). The molecular formula is C17H15BrClNO4. The van der Waals surface area contributed by atoms with E-state index in [9.17, 15) is 9.59 Å². The molecule has 0 radical (unpaired) electrons. The molecule has 1 N–H and O–H groups in total. The third-order valence-electron chi connectivity index (χ3n) is 2.94. The van der Waals surface area contributed by atoms with Crippen molar-refractivity contribution in [3.63, 3.8) is 0 Å². The molecule has 0 aromatic heterocycles. The first kappa shape index (κ1) is 18.3. The molecule has 126 valence electrons. The van der Waals surface area contributed by atoms with Gasteiger partial charge in [-0.1, -0.05) is 27.5 Å². The first-order chi connectivity index (χ1) is 11.5. The highest BCUT2D eigenvalue weighted by Crippen LogP contribution is 2.25. The third-order valence-corrected chi connectivity index (χ3v) is 3.75. The molecule has 0 heterocycles. The summed E-state index contributed by atoms with van der Waals surface area (Å²) >= 11 is 9.33. The average molecular weight is 413 g/mol. The number of ether oxygens (including phenoxy) is 2. The van der Waals surface area contributed by atoms with E-state index in [1.165, 1.54) is 0 Å². The molecule has 0 aliphatic heterocycles. The first-order valence-electron chi connectivity index (χ1n) is 7.14. The van der Waals surface area contributed by atoms with Gasteiger partial charge in [0, 0.05) is 4.47 Å². The van der Waals surface area contributed by atoms with Crippen molar-refractivity contribution in [2.75, 3.05) is 18.5 Å². The van der Waals surface area contributed by atoms with Crippen LogP contribution >= 0.6 is 27.5 Å². The summed E-state index contributed by atoms with van der Waals surface area (Å²) in [5.41, 5.74) is 0.932. The normalized spacial score (nSPS) is 10.1. The topological polar surface area (TPSA) is 64.6 Å². The minimum absolute atomic E-state index is 0.175. The summed E-state index contributed by atoms with van der Waals surface area (Å²) in [6.45, 7) is 1.88. The van der Waals surface area contributed by atoms with Crippen molar-refractivity contribution in [3.05, 3.63) is 57.5 Å². The van der Waals surface area contributed by atoms with Crippen LogP contribution in [0.1, 0.15) is 17.3 Å². The Balaban J connectivity index is 1.88. The second kappa shape index (κ2) is 8.70. The van der Waals surface area contributed by atoms with Crippen LogP contribution in [0.2, 0.25) is 5.02 Å². The van der Waals surface area contributed by atoms with Gasteiger partial charge in [-0.3, -0.25) is 4.79 Å². The highest BCUT2D eigenvalue weighted by molar-refractivity contribution is 9.10. The summed E-state index contributed by atoms with van der Waals surface area (Å²) in [6, 6.07) is 11.5. The quantitative estimate of drug-likeness (QED) is 0.719. The number of carbonyl (C=O) groups is 2. The lowest BCUT2D eigenvalue weighted by Crippen LogP contribution is -2.20. The second-order valence-corrected chi connectivity index (χ2v) is 6.03. The highest BCUT2D eigenvalue weighted by Gasteiger charge is 2.09. The number of anilines is 1. The Morgan fingerprint density at radius 1 is 1.17 bits per heavy atom. The zero-order valence-corrected chi connectivity index (χ0v) is 15.2. The van der Waals surface area contributed by atoms with Gasteiger partial charge in [0.1, 0.15) is 5.75 Å². The largest absolute Gasteiger partial charge is 0.484 e. The molecular weight excluding hydrogens is 398 g/mol. The maximum atomic E-state index is 11.9. The molecule has 0 aliphatic rings. The number of benzene rings is 2. The van der Waals surface area contributed by atoms with E-state index in [-0.39, 0.29) is 12.5 Å². The van der Waals surface area contributed by atoms with E-state index >= 15 is 0 Å². The molecule has 2 aromatic carbocycles. The molecule has 0 aliphatic carbocycles. The van der Waals surface area contributed by atoms with Crippen molar-refractivity contribution in [1.82, 2.24) is 0 Å². The lowest BCUT2D eigenvalue weighted by atomic mass is 10.2. The Labute approximate surface area is 153 Å². The Morgan fingerprint density at radius 3 is 2.50 bits per heavy atom. The molecule has 0 saturated carbocycles. The zero-order chi connectivity index (χ0) is 17.5. The summed E-state index contributed by atoms with van der Waals surface area (Å²) in [5.74, 6) is -0.263. The predicted octanol–water partition coefficient (Wildman–Crippen LogP) is 4.30. The van der Waals surface area contributed by atoms with Gasteiger partial charge in [-0.15, -0.1) is 0 Å². The van der Waals surface area contributed by atoms with Crippen LogP contribution in [-0.4, -0.2) is 25.1 Å². The number of esters is 1. The van der Waals surface area contributed by atoms with Gasteiger partial charge in [-0.05, 0) is 49.4 Å². The van der Waals surface area contributed by atoms with E-state index in [4.69, 9.17) is 21.1 Å². The van der Waals surface area contributed by atoms with Crippen molar-refractivity contribution >= 4 is 45.1 Å². The summed E-state index contributed by atoms with van der Waals surface area (Å²) in [7, 11) is 0. The van der Waals surface area contributed by atoms with Crippen molar-refractivity contribution in [2.24, 2.45) is 0 Å². The number of carbonyl (C=O) groups excluding carboxylic acids is 2. The Bertz CT molecular complexity index is 734. The van der Waals surface area contributed by atoms with Gasteiger partial charge in [0.2, 0.25) is 0 Å². The average Bonchev–Trinajstić information content (AvgIpc) is 2.56. The molecule has 5 nitrogen and oxygen atoms in total. The number of nitrogens with one attached hydrogen (secondary N) is 1. The highest BCUT2D eigenvalue weighted by atomic mass is 79.9. The zero-order valence-electron chi connectivity index (χ0n) is 12.8. The minimum Gasteiger partial charge on any atom is -0.484 e. The molecule has 1 amide bonds. The van der Waals surface area contributed by atoms with Crippen LogP contribution in [0.4, 0.5) is 5.69 Å². The predicted molar refractivity (Wildman–Crippen MR) is 95.7 cm³/mol. The maximum absolute atomic E-state index is 11.9. The molecule has 7 heteroatoms. The van der Waals surface area contributed by atoms with Crippen LogP contribution in [0.25, 0.3) is 0 Å². The number of hydrogen-bond acceptors (Lipinski definition) is 4. The molecule has 24 heavy (non-hydrogen) atoms. The van der Waals surface area contributed by atoms with Crippen LogP contribution in [0, 0.1) is 0 Å². The Kier molecular flexibility index (Phi) is 6.63. The van der Waals surface area contributed by atoms with Gasteiger partial charge < -0.3 is 14.8 Å². The molecule has 0 bridgehead atoms. The lowest BCUT2D eigenvalue weighted by Gasteiger charge is -2.09. The fraction of sp³-hybridized carbons (Fsp3) is 0.176. The fourth-order valence-electron chi connectivity index (χ4n) is 1.83. The van der Waals surface area contributed by atoms with E-state index in [2.05, 4.69) is 21.2 Å². The lowest BCUT2D eigenvalue weighted by molar-refractivity contribution is -0.118. The first-order valence-corrected chi connectivity index (χ1v) is 8.31. The van der Waals surface area contributed by atoms with E-state index in [1.807, 2.05) is 0 Å². The van der Waals surface area contributed by atoms with Gasteiger partial charge in [-0.25, -0.2) is 4.79 Å².